The molecule has 2 heterocycles. The molecule has 0 radical (unpaired) electrons. The molecule has 12 atom stereocenters. The summed E-state index contributed by atoms with van der Waals surface area (Å²) >= 11 is 0. The van der Waals surface area contributed by atoms with Crippen LogP contribution in [-0.4, -0.2) is 161 Å². The molecule has 1 unspecified atom stereocenters. The number of carboxylic acid groups (broad SMARTS) is 1. The number of benzene rings is 3. The number of rotatable bonds is 9. The Hall–Kier alpha value is -5.30. The number of ether oxygens (including phenoxy) is 5. The van der Waals surface area contributed by atoms with Crippen LogP contribution in [0.3, 0.4) is 0 Å². The van der Waals surface area contributed by atoms with E-state index in [0.29, 0.717) is 0 Å². The number of hydrogen-bond acceptors (Lipinski definition) is 19. The minimum Gasteiger partial charge on any atom is -0.507 e. The lowest BCUT2D eigenvalue weighted by molar-refractivity contribution is -0.353. The molecular formula is C39H41NO20. The maximum absolute atomic E-state index is 14.1. The Labute approximate surface area is 338 Å². The second kappa shape index (κ2) is 15.9. The van der Waals surface area contributed by atoms with Gasteiger partial charge < -0.3 is 85.2 Å². The average molecular weight is 844 g/mol. The molecule has 3 aromatic carbocycles. The topological polar surface area (TPSA) is 349 Å². The van der Waals surface area contributed by atoms with Gasteiger partial charge in [0.05, 0.1) is 43.1 Å². The van der Waals surface area contributed by atoms with Crippen molar-refractivity contribution >= 4 is 23.4 Å². The van der Waals surface area contributed by atoms with Crippen LogP contribution in [0.2, 0.25) is 0 Å². The highest BCUT2D eigenvalue weighted by Gasteiger charge is 2.51. The molecule has 1 amide bonds. The Balaban J connectivity index is 1.37. The van der Waals surface area contributed by atoms with Gasteiger partial charge in [0.1, 0.15) is 71.8 Å². The van der Waals surface area contributed by atoms with Gasteiger partial charge >= 0.3 is 5.97 Å². The maximum Gasteiger partial charge on any atom is 0.328 e. The van der Waals surface area contributed by atoms with Crippen LogP contribution in [0.4, 0.5) is 0 Å². The quantitative estimate of drug-likeness (QED) is 0.0878. The maximum atomic E-state index is 14.1. The first-order valence-electron chi connectivity index (χ1n) is 18.4. The first-order chi connectivity index (χ1) is 28.3. The number of nitrogens with one attached hydrogen (secondary N) is 1. The van der Waals surface area contributed by atoms with Crippen LogP contribution in [0.5, 0.6) is 23.0 Å². The van der Waals surface area contributed by atoms with Gasteiger partial charge in [-0.05, 0) is 42.7 Å². The third kappa shape index (κ3) is 6.82. The zero-order valence-corrected chi connectivity index (χ0v) is 31.7. The first-order valence-corrected chi connectivity index (χ1v) is 18.4. The van der Waals surface area contributed by atoms with Crippen molar-refractivity contribution in [1.29, 1.82) is 0 Å². The van der Waals surface area contributed by atoms with Crippen molar-refractivity contribution in [2.24, 2.45) is 0 Å². The van der Waals surface area contributed by atoms with E-state index in [1.807, 2.05) is 0 Å². The Morgan fingerprint density at radius 3 is 2.12 bits per heavy atom. The fourth-order valence-corrected chi connectivity index (χ4v) is 7.97. The van der Waals surface area contributed by atoms with E-state index in [1.165, 1.54) is 27.0 Å². The summed E-state index contributed by atoms with van der Waals surface area (Å²) in [7, 11) is 1.24. The monoisotopic (exact) mass is 843 g/mol. The summed E-state index contributed by atoms with van der Waals surface area (Å²) < 4.78 is 28.0. The van der Waals surface area contributed by atoms with Crippen molar-refractivity contribution in [3.63, 3.8) is 0 Å². The van der Waals surface area contributed by atoms with Gasteiger partial charge in [-0.2, -0.15) is 0 Å². The number of aliphatic hydroxyl groups excluding tert-OH is 7. The predicted molar refractivity (Wildman–Crippen MR) is 195 cm³/mol. The molecule has 60 heavy (non-hydrogen) atoms. The summed E-state index contributed by atoms with van der Waals surface area (Å²) in [4.78, 5) is 53.3. The van der Waals surface area contributed by atoms with Gasteiger partial charge in [-0.15, -0.1) is 0 Å². The molecule has 3 aromatic rings. The number of carbonyl (C=O) groups excluding carboxylic acids is 3. The normalized spacial score (nSPS) is 30.1. The van der Waals surface area contributed by atoms with Crippen molar-refractivity contribution < 1.29 is 99.0 Å². The fourth-order valence-electron chi connectivity index (χ4n) is 7.97. The molecule has 2 aliphatic heterocycles. The summed E-state index contributed by atoms with van der Waals surface area (Å²) in [5.74, 6) is -7.35. The van der Waals surface area contributed by atoms with Crippen LogP contribution in [0.1, 0.15) is 78.0 Å². The highest BCUT2D eigenvalue weighted by atomic mass is 16.7. The zero-order chi connectivity index (χ0) is 43.8. The second-order valence-corrected chi connectivity index (χ2v) is 14.8. The van der Waals surface area contributed by atoms with Crippen LogP contribution in [0.25, 0.3) is 11.1 Å². The molecule has 0 spiro atoms. The lowest BCUT2D eigenvalue weighted by Crippen LogP contribution is -2.62. The Morgan fingerprint density at radius 2 is 1.47 bits per heavy atom. The van der Waals surface area contributed by atoms with Crippen molar-refractivity contribution in [2.75, 3.05) is 20.3 Å². The summed E-state index contributed by atoms with van der Waals surface area (Å²) in [6.07, 6.45) is -18.8. The third-order valence-corrected chi connectivity index (χ3v) is 11.1. The van der Waals surface area contributed by atoms with Gasteiger partial charge in [0.2, 0.25) is 0 Å². The summed E-state index contributed by atoms with van der Waals surface area (Å²) in [5.41, 5.74) is -4.12. The summed E-state index contributed by atoms with van der Waals surface area (Å²) in [6.45, 7) is 1.14. The van der Waals surface area contributed by atoms with Gasteiger partial charge in [-0.3, -0.25) is 14.4 Å². The molecule has 2 saturated heterocycles. The fraction of sp³-hybridized carbons (Fsp3) is 0.436. The molecule has 0 bridgehead atoms. The van der Waals surface area contributed by atoms with Gasteiger partial charge in [0, 0.05) is 28.3 Å². The second-order valence-electron chi connectivity index (χ2n) is 14.8. The zero-order valence-electron chi connectivity index (χ0n) is 31.7. The van der Waals surface area contributed by atoms with Gasteiger partial charge in [0.25, 0.3) is 5.91 Å². The molecule has 4 aliphatic rings. The number of phenolic OH excluding ortho intramolecular Hbond substituents is 3. The smallest absolute Gasteiger partial charge is 0.328 e. The number of aliphatic carboxylic acids is 1. The van der Waals surface area contributed by atoms with Crippen LogP contribution in [0.15, 0.2) is 24.3 Å². The Bertz CT molecular complexity index is 2280. The highest BCUT2D eigenvalue weighted by Crippen LogP contribution is 2.57. The molecular weight excluding hydrogens is 802 g/mol. The van der Waals surface area contributed by atoms with E-state index in [9.17, 15) is 75.3 Å². The molecule has 0 saturated carbocycles. The minimum absolute atomic E-state index is 0.0131. The lowest BCUT2D eigenvalue weighted by Gasteiger charge is -2.45. The van der Waals surface area contributed by atoms with E-state index in [0.717, 1.165) is 18.2 Å². The van der Waals surface area contributed by atoms with Crippen LogP contribution in [0, 0.1) is 6.92 Å². The number of ketones is 2. The van der Waals surface area contributed by atoms with Crippen molar-refractivity contribution in [3.05, 3.63) is 68.8 Å². The number of phenols is 3. The first kappa shape index (κ1) is 42.8. The number of fused-ring (bicyclic) bond motifs is 5. The van der Waals surface area contributed by atoms with Crippen molar-refractivity contribution in [1.82, 2.24) is 5.32 Å². The average Bonchev–Trinajstić information content (AvgIpc) is 3.20. The number of carboxylic acids is 1. The van der Waals surface area contributed by atoms with E-state index >= 15 is 0 Å². The molecule has 2 fully saturated rings. The summed E-state index contributed by atoms with van der Waals surface area (Å²) in [6, 6.07) is 2.62. The van der Waals surface area contributed by atoms with Gasteiger partial charge in [0.15, 0.2) is 30.2 Å². The SMILES string of the molecule is COc1cc(O)c2c(c1)C(=O)c1c(cc3c(c1O)-c1c(cc(C)c(C(=O)NC(CO)C(=O)O)c1O)[C@H](O[C@@H]1O[C@H](C)[C@H](O)[C@H](O[C@@H]4OC[C@@H](O)[C@H](O)[C@H]4O)[C@H]1O)[C@H]3O)C2=O. The van der Waals surface area contributed by atoms with Gasteiger partial charge in [-0.25, -0.2) is 4.79 Å². The minimum atomic E-state index is -1.98. The molecule has 12 N–H and O–H groups in total. The standard InChI is InChI=1S/C39H41NO20/c1-10-4-16-23(30(49)20(10)36(53)40-17(8-41)37(54)55)22-14(7-15-24(31(22)50)27(46)13-5-12(56-3)6-18(42)21(13)26(15)45)28(47)34(16)59-39-33(52)35(25(44)11(2)58-39)60-38-32(51)29(48)19(43)9-57-38/h4-7,11,17,19,25,28-29,32-35,38-39,41-44,47-52H,8-9H2,1-3H3,(H,40,53)(H,54,55)/t11-,17?,19-,25+,28+,29+,32-,33-,34+,35+,38+,39+/m1/s1. The van der Waals surface area contributed by atoms with Crippen LogP contribution in [-0.2, 0) is 23.7 Å². The largest absolute Gasteiger partial charge is 0.507 e. The highest BCUT2D eigenvalue weighted by molar-refractivity contribution is 6.31. The predicted octanol–water partition coefficient (Wildman–Crippen LogP) is -1.87. The molecule has 0 aromatic heterocycles. The number of carbonyl (C=O) groups is 4. The number of aliphatic hydroxyl groups is 7. The van der Waals surface area contributed by atoms with E-state index in [2.05, 4.69) is 5.32 Å². The third-order valence-electron chi connectivity index (χ3n) is 11.1. The molecule has 7 rings (SSSR count). The Kier molecular flexibility index (Phi) is 11.4. The Morgan fingerprint density at radius 1 is 0.817 bits per heavy atom. The van der Waals surface area contributed by atoms with Crippen molar-refractivity contribution in [2.45, 2.75) is 87.4 Å². The molecule has 322 valence electrons. The lowest BCUT2D eigenvalue weighted by atomic mass is 9.74. The summed E-state index contributed by atoms with van der Waals surface area (Å²) in [5, 5.41) is 121. The van der Waals surface area contributed by atoms with E-state index in [1.54, 1.807) is 0 Å². The van der Waals surface area contributed by atoms with E-state index in [-0.39, 0.29) is 28.0 Å². The van der Waals surface area contributed by atoms with Crippen molar-refractivity contribution in [3.8, 4) is 34.1 Å². The molecule has 21 heteroatoms. The number of aromatic hydroxyl groups is 3. The number of aryl methyl sites for hydroxylation is 1. The van der Waals surface area contributed by atoms with Crippen LogP contribution < -0.4 is 10.1 Å². The number of hydrogen-bond donors (Lipinski definition) is 12. The van der Waals surface area contributed by atoms with Gasteiger partial charge in [-0.1, -0.05) is 6.07 Å². The molecule has 2 aliphatic carbocycles. The number of methoxy groups -OCH3 is 1. The van der Waals surface area contributed by atoms with E-state index in [4.69, 9.17) is 23.7 Å². The van der Waals surface area contributed by atoms with E-state index < -0.39 is 161 Å². The van der Waals surface area contributed by atoms with Crippen LogP contribution >= 0.6 is 0 Å². The number of amides is 1. The molecule has 21 nitrogen and oxygen atoms in total.